The number of carboxylic acids is 1. The van der Waals surface area contributed by atoms with E-state index < -0.39 is 12.1 Å². The zero-order chi connectivity index (χ0) is 14.6. The maximum atomic E-state index is 11.4. The first kappa shape index (κ1) is 15.2. The molecule has 1 amide bonds. The molecule has 1 aromatic rings. The number of thiophene rings is 1. The minimum absolute atomic E-state index is 0.0751. The largest absolute Gasteiger partial charge is 0.478 e. The smallest absolute Gasteiger partial charge is 0.412 e. The maximum Gasteiger partial charge on any atom is 0.412 e. The number of carbonyl (C=O) groups excluding carboxylic acids is 1. The third kappa shape index (κ3) is 3.82. The SMILES string of the molecule is C=CCOC(=O)Nc1scc(C(C)(C)C)c1C(=O)O. The van der Waals surface area contributed by atoms with Crippen LogP contribution < -0.4 is 5.32 Å². The Labute approximate surface area is 115 Å². The van der Waals surface area contributed by atoms with Gasteiger partial charge >= 0.3 is 12.1 Å². The minimum Gasteiger partial charge on any atom is -0.478 e. The molecule has 0 aliphatic heterocycles. The van der Waals surface area contributed by atoms with Crippen LogP contribution in [0.5, 0.6) is 0 Å². The van der Waals surface area contributed by atoms with Crippen molar-refractivity contribution in [2.75, 3.05) is 11.9 Å². The van der Waals surface area contributed by atoms with E-state index in [0.29, 0.717) is 5.56 Å². The van der Waals surface area contributed by atoms with Gasteiger partial charge in [0.15, 0.2) is 0 Å². The van der Waals surface area contributed by atoms with Gasteiger partial charge in [0.05, 0.1) is 5.56 Å². The highest BCUT2D eigenvalue weighted by atomic mass is 32.1. The first-order chi connectivity index (χ1) is 8.77. The average Bonchev–Trinajstić information content (AvgIpc) is 2.69. The third-order valence-corrected chi connectivity index (χ3v) is 3.26. The summed E-state index contributed by atoms with van der Waals surface area (Å²) in [5.74, 6) is -1.06. The minimum atomic E-state index is -1.06. The van der Waals surface area contributed by atoms with Crippen LogP contribution in [-0.4, -0.2) is 23.8 Å². The van der Waals surface area contributed by atoms with Gasteiger partial charge in [0.2, 0.25) is 0 Å². The van der Waals surface area contributed by atoms with E-state index in [1.165, 1.54) is 17.4 Å². The molecule has 1 heterocycles. The van der Waals surface area contributed by atoms with Crippen LogP contribution in [0.25, 0.3) is 0 Å². The Morgan fingerprint density at radius 1 is 1.53 bits per heavy atom. The Morgan fingerprint density at radius 2 is 2.16 bits per heavy atom. The topological polar surface area (TPSA) is 75.6 Å². The molecule has 0 aromatic carbocycles. The number of hydrogen-bond acceptors (Lipinski definition) is 4. The van der Waals surface area contributed by atoms with Crippen LogP contribution in [0, 0.1) is 0 Å². The van der Waals surface area contributed by atoms with E-state index >= 15 is 0 Å². The second-order valence-electron chi connectivity index (χ2n) is 4.92. The van der Waals surface area contributed by atoms with E-state index in [1.807, 2.05) is 20.8 Å². The molecule has 0 atom stereocenters. The van der Waals surface area contributed by atoms with Crippen LogP contribution in [-0.2, 0) is 10.2 Å². The summed E-state index contributed by atoms with van der Waals surface area (Å²) in [4.78, 5) is 22.8. The monoisotopic (exact) mass is 283 g/mol. The lowest BCUT2D eigenvalue weighted by atomic mass is 9.86. The van der Waals surface area contributed by atoms with Crippen LogP contribution in [0.2, 0.25) is 0 Å². The molecule has 0 aliphatic carbocycles. The van der Waals surface area contributed by atoms with Crippen molar-refractivity contribution in [2.45, 2.75) is 26.2 Å². The van der Waals surface area contributed by atoms with E-state index in [9.17, 15) is 14.7 Å². The molecule has 0 saturated carbocycles. The maximum absolute atomic E-state index is 11.4. The molecule has 1 rings (SSSR count). The molecule has 104 valence electrons. The molecule has 0 bridgehead atoms. The van der Waals surface area contributed by atoms with Gasteiger partial charge in [0.1, 0.15) is 11.6 Å². The summed E-state index contributed by atoms with van der Waals surface area (Å²) >= 11 is 1.17. The third-order valence-electron chi connectivity index (χ3n) is 2.36. The summed E-state index contributed by atoms with van der Waals surface area (Å²) < 4.78 is 4.77. The lowest BCUT2D eigenvalue weighted by Crippen LogP contribution is -2.18. The molecule has 6 heteroatoms. The molecular formula is C13H17NO4S. The highest BCUT2D eigenvalue weighted by Gasteiger charge is 2.27. The zero-order valence-electron chi connectivity index (χ0n) is 11.1. The van der Waals surface area contributed by atoms with Crippen LogP contribution in [0.1, 0.15) is 36.7 Å². The van der Waals surface area contributed by atoms with Gasteiger partial charge in [0.25, 0.3) is 0 Å². The number of anilines is 1. The number of rotatable bonds is 4. The summed E-state index contributed by atoms with van der Waals surface area (Å²) in [6, 6.07) is 0. The zero-order valence-corrected chi connectivity index (χ0v) is 12.0. The number of amides is 1. The van der Waals surface area contributed by atoms with Crippen molar-refractivity contribution in [1.29, 1.82) is 0 Å². The lowest BCUT2D eigenvalue weighted by molar-refractivity contribution is 0.0696. The predicted octanol–water partition coefficient (Wildman–Crippen LogP) is 3.48. The van der Waals surface area contributed by atoms with Gasteiger partial charge in [0, 0.05) is 0 Å². The first-order valence-electron chi connectivity index (χ1n) is 5.67. The molecule has 0 saturated heterocycles. The predicted molar refractivity (Wildman–Crippen MR) is 75.1 cm³/mol. The highest BCUT2D eigenvalue weighted by molar-refractivity contribution is 7.15. The lowest BCUT2D eigenvalue weighted by Gasteiger charge is -2.18. The van der Waals surface area contributed by atoms with Gasteiger partial charge in [-0.25, -0.2) is 9.59 Å². The summed E-state index contributed by atoms with van der Waals surface area (Å²) in [6.07, 6.45) is 0.747. The number of carboxylic acid groups (broad SMARTS) is 1. The second-order valence-corrected chi connectivity index (χ2v) is 5.80. The van der Waals surface area contributed by atoms with E-state index in [-0.39, 0.29) is 22.6 Å². The van der Waals surface area contributed by atoms with Gasteiger partial charge in [-0.15, -0.1) is 11.3 Å². The van der Waals surface area contributed by atoms with Gasteiger partial charge in [-0.2, -0.15) is 0 Å². The number of ether oxygens (including phenoxy) is 1. The molecule has 0 fully saturated rings. The van der Waals surface area contributed by atoms with Crippen molar-refractivity contribution in [3.63, 3.8) is 0 Å². The number of aromatic carboxylic acids is 1. The van der Waals surface area contributed by atoms with Crippen molar-refractivity contribution in [1.82, 2.24) is 0 Å². The van der Waals surface area contributed by atoms with Crippen molar-refractivity contribution in [2.24, 2.45) is 0 Å². The van der Waals surface area contributed by atoms with Crippen molar-refractivity contribution in [3.8, 4) is 0 Å². The molecule has 1 aromatic heterocycles. The summed E-state index contributed by atoms with van der Waals surface area (Å²) in [5.41, 5.74) is 0.493. The fourth-order valence-electron chi connectivity index (χ4n) is 1.48. The van der Waals surface area contributed by atoms with Crippen LogP contribution in [0.3, 0.4) is 0 Å². The van der Waals surface area contributed by atoms with E-state index in [1.54, 1.807) is 5.38 Å². The van der Waals surface area contributed by atoms with Crippen LogP contribution >= 0.6 is 11.3 Å². The summed E-state index contributed by atoms with van der Waals surface area (Å²) in [7, 11) is 0. The van der Waals surface area contributed by atoms with Gasteiger partial charge in [-0.05, 0) is 16.4 Å². The quantitative estimate of drug-likeness (QED) is 0.829. The number of carbonyl (C=O) groups is 2. The van der Waals surface area contributed by atoms with Gasteiger partial charge in [-0.1, -0.05) is 33.4 Å². The molecule has 5 nitrogen and oxygen atoms in total. The Bertz CT molecular complexity index is 499. The Balaban J connectivity index is 3.03. The molecular weight excluding hydrogens is 266 g/mol. The number of hydrogen-bond donors (Lipinski definition) is 2. The Morgan fingerprint density at radius 3 is 2.63 bits per heavy atom. The fraction of sp³-hybridized carbons (Fsp3) is 0.385. The van der Waals surface area contributed by atoms with Crippen LogP contribution in [0.4, 0.5) is 9.80 Å². The molecule has 2 N–H and O–H groups in total. The molecule has 0 unspecified atom stereocenters. The first-order valence-corrected chi connectivity index (χ1v) is 6.55. The Kier molecular flexibility index (Phi) is 4.72. The fourth-order valence-corrected chi connectivity index (χ4v) is 2.64. The second kappa shape index (κ2) is 5.88. The van der Waals surface area contributed by atoms with Crippen molar-refractivity contribution < 1.29 is 19.4 Å². The molecule has 0 spiro atoms. The van der Waals surface area contributed by atoms with Gasteiger partial charge in [-0.3, -0.25) is 5.32 Å². The highest BCUT2D eigenvalue weighted by Crippen LogP contribution is 2.36. The van der Waals surface area contributed by atoms with E-state index in [0.717, 1.165) is 0 Å². The Hall–Kier alpha value is -1.82. The average molecular weight is 283 g/mol. The summed E-state index contributed by atoms with van der Waals surface area (Å²) in [6.45, 7) is 9.25. The molecule has 19 heavy (non-hydrogen) atoms. The molecule has 0 radical (unpaired) electrons. The van der Waals surface area contributed by atoms with Crippen molar-refractivity contribution in [3.05, 3.63) is 29.2 Å². The van der Waals surface area contributed by atoms with Crippen LogP contribution in [0.15, 0.2) is 18.0 Å². The van der Waals surface area contributed by atoms with Crippen molar-refractivity contribution >= 4 is 28.4 Å². The standard InChI is InChI=1S/C13H17NO4S/c1-5-6-18-12(17)14-10-9(11(15)16)8(7-19-10)13(2,3)4/h5,7H,1,6H2,2-4H3,(H,14,17)(H,15,16). The number of nitrogens with one attached hydrogen (secondary N) is 1. The summed E-state index contributed by atoms with van der Waals surface area (Å²) in [5, 5.41) is 13.8. The molecule has 0 aliphatic rings. The van der Waals surface area contributed by atoms with Gasteiger partial charge < -0.3 is 9.84 Å². The van der Waals surface area contributed by atoms with E-state index in [2.05, 4.69) is 11.9 Å². The van der Waals surface area contributed by atoms with E-state index in [4.69, 9.17) is 4.74 Å². The normalized spacial score (nSPS) is 10.9.